The molecule has 2 heterocycles. The maximum Gasteiger partial charge on any atom is 0.167 e. The number of benzene rings is 8. The van der Waals surface area contributed by atoms with Crippen molar-refractivity contribution in [3.05, 3.63) is 164 Å². The van der Waals surface area contributed by atoms with Gasteiger partial charge in [-0.1, -0.05) is 146 Å². The number of furan rings is 1. The summed E-state index contributed by atoms with van der Waals surface area (Å²) >= 11 is 0. The Morgan fingerprint density at radius 2 is 0.898 bits per heavy atom. The zero-order valence-electron chi connectivity index (χ0n) is 26.3. The van der Waals surface area contributed by atoms with Gasteiger partial charge < -0.3 is 4.42 Å². The molecule has 4 nitrogen and oxygen atoms in total. The van der Waals surface area contributed by atoms with Gasteiger partial charge in [0.15, 0.2) is 17.5 Å². The minimum absolute atomic E-state index is 0.564. The second-order valence-electron chi connectivity index (χ2n) is 12.3. The Morgan fingerprint density at radius 1 is 0.327 bits per heavy atom. The number of hydrogen-bond donors (Lipinski definition) is 0. The van der Waals surface area contributed by atoms with Crippen LogP contribution in [0.3, 0.4) is 0 Å². The molecular formula is C45H27N3O. The van der Waals surface area contributed by atoms with Crippen LogP contribution in [0.2, 0.25) is 0 Å². The second-order valence-corrected chi connectivity index (χ2v) is 12.3. The molecule has 0 atom stereocenters. The lowest BCUT2D eigenvalue weighted by molar-refractivity contribution is 0.669. The first-order chi connectivity index (χ1) is 24.3. The van der Waals surface area contributed by atoms with Crippen LogP contribution in [0.1, 0.15) is 0 Å². The monoisotopic (exact) mass is 625 g/mol. The number of aromatic nitrogens is 3. The van der Waals surface area contributed by atoms with E-state index in [2.05, 4.69) is 127 Å². The largest absolute Gasteiger partial charge is 0.455 e. The molecule has 0 fully saturated rings. The van der Waals surface area contributed by atoms with Crippen LogP contribution in [-0.4, -0.2) is 15.0 Å². The fourth-order valence-corrected chi connectivity index (χ4v) is 7.25. The lowest BCUT2D eigenvalue weighted by Crippen LogP contribution is -2.02. The van der Waals surface area contributed by atoms with E-state index >= 15 is 0 Å². The fourth-order valence-electron chi connectivity index (χ4n) is 7.25. The molecule has 49 heavy (non-hydrogen) atoms. The molecule has 0 aliphatic carbocycles. The summed E-state index contributed by atoms with van der Waals surface area (Å²) in [4.78, 5) is 15.8. The molecule has 8 aromatic carbocycles. The van der Waals surface area contributed by atoms with Crippen molar-refractivity contribution < 1.29 is 4.42 Å². The van der Waals surface area contributed by atoms with Crippen molar-refractivity contribution in [2.45, 2.75) is 0 Å². The molecule has 0 unspecified atom stereocenters. The molecule has 4 heteroatoms. The molecule has 228 valence electrons. The molecule has 0 spiro atoms. The Bertz CT molecular complexity index is 2890. The number of para-hydroxylation sites is 2. The summed E-state index contributed by atoms with van der Waals surface area (Å²) < 4.78 is 6.50. The van der Waals surface area contributed by atoms with Crippen molar-refractivity contribution in [1.29, 1.82) is 0 Å². The SMILES string of the molecule is c1ccc(-c2ccccc2-c2nc(-c3cc4c5ccccc5ccc4c4ccccc34)nc(-c3cccc4c3oc3ccccc34)n2)cc1. The molecule has 0 saturated carbocycles. The average Bonchev–Trinajstić information content (AvgIpc) is 3.56. The van der Waals surface area contributed by atoms with Gasteiger partial charge in [0.25, 0.3) is 0 Å². The van der Waals surface area contributed by atoms with Crippen molar-refractivity contribution in [2.75, 3.05) is 0 Å². The molecule has 10 aromatic rings. The zero-order valence-corrected chi connectivity index (χ0v) is 26.3. The topological polar surface area (TPSA) is 51.8 Å². The van der Waals surface area contributed by atoms with Crippen LogP contribution in [0.25, 0.3) is 99.5 Å². The van der Waals surface area contributed by atoms with Gasteiger partial charge in [-0.05, 0) is 61.6 Å². The van der Waals surface area contributed by atoms with Crippen molar-refractivity contribution in [2.24, 2.45) is 0 Å². The second kappa shape index (κ2) is 11.0. The third-order valence-corrected chi connectivity index (χ3v) is 9.54. The van der Waals surface area contributed by atoms with Crippen LogP contribution in [-0.2, 0) is 0 Å². The third-order valence-electron chi connectivity index (χ3n) is 9.54. The van der Waals surface area contributed by atoms with Gasteiger partial charge in [-0.3, -0.25) is 0 Å². The van der Waals surface area contributed by atoms with Gasteiger partial charge in [-0.2, -0.15) is 0 Å². The summed E-state index contributed by atoms with van der Waals surface area (Å²) in [6.45, 7) is 0. The smallest absolute Gasteiger partial charge is 0.167 e. The van der Waals surface area contributed by atoms with Gasteiger partial charge in [0.05, 0.1) is 5.56 Å². The Balaban J connectivity index is 1.31. The summed E-state index contributed by atoms with van der Waals surface area (Å²) in [5.74, 6) is 1.78. The van der Waals surface area contributed by atoms with Crippen LogP contribution in [0.5, 0.6) is 0 Å². The van der Waals surface area contributed by atoms with Gasteiger partial charge in [0.1, 0.15) is 11.2 Å². The minimum Gasteiger partial charge on any atom is -0.455 e. The summed E-state index contributed by atoms with van der Waals surface area (Å²) in [5, 5.41) is 9.11. The molecule has 0 radical (unpaired) electrons. The molecular weight excluding hydrogens is 599 g/mol. The first-order valence-electron chi connectivity index (χ1n) is 16.5. The lowest BCUT2D eigenvalue weighted by Gasteiger charge is -2.15. The van der Waals surface area contributed by atoms with Crippen molar-refractivity contribution in [1.82, 2.24) is 15.0 Å². The average molecular weight is 626 g/mol. The molecule has 0 aliphatic rings. The highest BCUT2D eigenvalue weighted by Gasteiger charge is 2.21. The molecule has 0 amide bonds. The number of hydrogen-bond acceptors (Lipinski definition) is 4. The summed E-state index contributed by atoms with van der Waals surface area (Å²) in [5.41, 5.74) is 6.47. The zero-order chi connectivity index (χ0) is 32.3. The van der Waals surface area contributed by atoms with E-state index in [1.54, 1.807) is 0 Å². The van der Waals surface area contributed by atoms with Crippen LogP contribution < -0.4 is 0 Å². The van der Waals surface area contributed by atoms with Crippen LogP contribution in [0.15, 0.2) is 168 Å². The predicted octanol–water partition coefficient (Wildman–Crippen LogP) is 11.9. The Kier molecular flexibility index (Phi) is 6.15. The first kappa shape index (κ1) is 27.5. The lowest BCUT2D eigenvalue weighted by atomic mass is 9.93. The van der Waals surface area contributed by atoms with Crippen LogP contribution >= 0.6 is 0 Å². The minimum atomic E-state index is 0.564. The van der Waals surface area contributed by atoms with E-state index in [0.717, 1.165) is 60.5 Å². The molecule has 10 rings (SSSR count). The van der Waals surface area contributed by atoms with E-state index in [4.69, 9.17) is 19.4 Å². The standard InChI is InChI=1S/C45H27N3O/c1-2-13-28(14-3-1)30-16-6-9-21-37(30)43-46-44(38-23-12-22-36-35-20-10-11-24-41(35)49-42(36)38)48-45(47-43)40-27-39-31-17-5-4-15-29(31)25-26-34(39)32-18-7-8-19-33(32)40/h1-27H. The van der Waals surface area contributed by atoms with Crippen molar-refractivity contribution >= 4 is 54.3 Å². The predicted molar refractivity (Wildman–Crippen MR) is 201 cm³/mol. The number of rotatable bonds is 4. The van der Waals surface area contributed by atoms with Gasteiger partial charge in [-0.15, -0.1) is 0 Å². The van der Waals surface area contributed by atoms with Gasteiger partial charge in [-0.25, -0.2) is 15.0 Å². The highest BCUT2D eigenvalue weighted by Crippen LogP contribution is 2.40. The van der Waals surface area contributed by atoms with E-state index < -0.39 is 0 Å². The Morgan fingerprint density at radius 3 is 1.73 bits per heavy atom. The highest BCUT2D eigenvalue weighted by molar-refractivity contribution is 6.20. The van der Waals surface area contributed by atoms with Crippen molar-refractivity contribution in [3.8, 4) is 45.3 Å². The Labute approximate surface area is 282 Å². The number of nitrogens with zero attached hydrogens (tertiary/aromatic N) is 3. The van der Waals surface area contributed by atoms with Gasteiger partial charge >= 0.3 is 0 Å². The summed E-state index contributed by atoms with van der Waals surface area (Å²) in [7, 11) is 0. The quantitative estimate of drug-likeness (QED) is 0.183. The maximum absolute atomic E-state index is 6.50. The summed E-state index contributed by atoms with van der Waals surface area (Å²) in [6.07, 6.45) is 0. The van der Waals surface area contributed by atoms with Gasteiger partial charge in [0, 0.05) is 21.9 Å². The van der Waals surface area contributed by atoms with E-state index in [9.17, 15) is 0 Å². The van der Waals surface area contributed by atoms with E-state index in [0.29, 0.717) is 17.5 Å². The maximum atomic E-state index is 6.50. The molecule has 0 saturated heterocycles. The highest BCUT2D eigenvalue weighted by atomic mass is 16.3. The van der Waals surface area contributed by atoms with Crippen LogP contribution in [0.4, 0.5) is 0 Å². The Hall–Kier alpha value is -6.65. The molecule has 0 bridgehead atoms. The van der Waals surface area contributed by atoms with E-state index in [-0.39, 0.29) is 0 Å². The molecule has 0 aliphatic heterocycles. The third kappa shape index (κ3) is 4.42. The summed E-state index contributed by atoms with van der Waals surface area (Å²) in [6, 6.07) is 56.9. The normalized spacial score (nSPS) is 11.7. The van der Waals surface area contributed by atoms with Crippen molar-refractivity contribution in [3.63, 3.8) is 0 Å². The van der Waals surface area contributed by atoms with Crippen LogP contribution in [0, 0.1) is 0 Å². The van der Waals surface area contributed by atoms with E-state index in [1.165, 1.54) is 21.5 Å². The van der Waals surface area contributed by atoms with E-state index in [1.807, 2.05) is 36.4 Å². The first-order valence-corrected chi connectivity index (χ1v) is 16.5. The molecule has 0 N–H and O–H groups in total. The fraction of sp³-hybridized carbons (Fsp3) is 0. The number of fused-ring (bicyclic) bond motifs is 8. The molecule has 2 aromatic heterocycles. The van der Waals surface area contributed by atoms with Gasteiger partial charge in [0.2, 0.25) is 0 Å².